The minimum absolute atomic E-state index is 0.163. The number of likely N-dealkylation sites (tertiary alicyclic amines) is 1. The summed E-state index contributed by atoms with van der Waals surface area (Å²) in [5, 5.41) is 23.8. The molecule has 200 valence electrons. The van der Waals surface area contributed by atoms with Crippen LogP contribution in [0, 0.1) is 17.2 Å². The Morgan fingerprint density at radius 3 is 2.74 bits per heavy atom. The molecule has 0 saturated carbocycles. The van der Waals surface area contributed by atoms with E-state index in [4.69, 9.17) is 11.5 Å². The van der Waals surface area contributed by atoms with Crippen LogP contribution in [0.4, 0.5) is 0 Å². The second-order valence-electron chi connectivity index (χ2n) is 10.7. The molecule has 1 aliphatic heterocycles. The fourth-order valence-corrected chi connectivity index (χ4v) is 6.24. The van der Waals surface area contributed by atoms with E-state index in [9.17, 15) is 20.0 Å². The van der Waals surface area contributed by atoms with Gasteiger partial charge in [-0.25, -0.2) is 0 Å². The van der Waals surface area contributed by atoms with Crippen LogP contribution in [0.5, 0.6) is 0 Å². The zero-order chi connectivity index (χ0) is 27.6. The second kappa shape index (κ2) is 10.9. The quantitative estimate of drug-likeness (QED) is 0.395. The number of aliphatic carboxylic acids is 1. The Bertz CT molecular complexity index is 1270. The van der Waals surface area contributed by atoms with Crippen LogP contribution >= 0.6 is 0 Å². The van der Waals surface area contributed by atoms with Gasteiger partial charge in [-0.15, -0.1) is 0 Å². The molecule has 0 radical (unpaired) electrons. The molecule has 4 atom stereocenters. The first kappa shape index (κ1) is 27.2. The number of hydrogen-bond donors (Lipinski definition) is 4. The third-order valence-corrected chi connectivity index (χ3v) is 8.24. The zero-order valence-corrected chi connectivity index (χ0v) is 22.0. The van der Waals surface area contributed by atoms with Crippen molar-refractivity contribution in [2.24, 2.45) is 17.4 Å². The molecule has 8 nitrogen and oxygen atoms in total. The number of primary amides is 1. The molecule has 1 aromatic rings. The molecule has 0 spiro atoms. The largest absolute Gasteiger partial charge is 0.480 e. The van der Waals surface area contributed by atoms with Gasteiger partial charge in [-0.1, -0.05) is 43.0 Å². The molecular weight excluding hydrogens is 478 g/mol. The first-order chi connectivity index (χ1) is 18.1. The van der Waals surface area contributed by atoms with Crippen molar-refractivity contribution in [1.82, 2.24) is 10.2 Å². The van der Waals surface area contributed by atoms with E-state index < -0.39 is 23.2 Å². The third kappa shape index (κ3) is 4.99. The Kier molecular flexibility index (Phi) is 7.79. The van der Waals surface area contributed by atoms with Crippen LogP contribution < -0.4 is 16.8 Å². The lowest BCUT2D eigenvalue weighted by Crippen LogP contribution is -2.45. The number of carboxylic acid groups (broad SMARTS) is 1. The number of allylic oxidation sites excluding steroid dienone is 2. The van der Waals surface area contributed by atoms with E-state index in [0.29, 0.717) is 31.5 Å². The number of nitrogens with two attached hydrogens (primary N) is 2. The highest BCUT2D eigenvalue weighted by Crippen LogP contribution is 2.47. The molecular formula is C30H37N5O3. The van der Waals surface area contributed by atoms with Gasteiger partial charge in [-0.05, 0) is 73.8 Å². The van der Waals surface area contributed by atoms with Crippen molar-refractivity contribution < 1.29 is 14.7 Å². The lowest BCUT2D eigenvalue weighted by Gasteiger charge is -2.37. The normalized spacial score (nSPS) is 25.1. The molecule has 1 fully saturated rings. The van der Waals surface area contributed by atoms with E-state index in [1.54, 1.807) is 12.2 Å². The SMILES string of the molecule is C=C(N)c1ccc2c(c1)CCC1=C(C=CC(C(N)=O)C1)C2(C[C@H](C)NCC(=C)N1CCCC1C#N)C(=O)O. The van der Waals surface area contributed by atoms with Crippen molar-refractivity contribution >= 4 is 17.6 Å². The van der Waals surface area contributed by atoms with Crippen molar-refractivity contribution in [1.29, 1.82) is 5.26 Å². The lowest BCUT2D eigenvalue weighted by atomic mass is 9.66. The number of nitrogens with zero attached hydrogens (tertiary/aromatic N) is 2. The molecule has 3 unspecified atom stereocenters. The average molecular weight is 516 g/mol. The molecule has 1 amide bonds. The van der Waals surface area contributed by atoms with E-state index in [0.717, 1.165) is 52.9 Å². The van der Waals surface area contributed by atoms with Crippen LogP contribution in [0.25, 0.3) is 5.70 Å². The fraction of sp³-hybridized carbons (Fsp3) is 0.433. The Balaban J connectivity index is 1.70. The number of aryl methyl sites for hydroxylation is 1. The zero-order valence-electron chi connectivity index (χ0n) is 22.0. The Labute approximate surface area is 224 Å². The summed E-state index contributed by atoms with van der Waals surface area (Å²) in [6, 6.07) is 7.62. The van der Waals surface area contributed by atoms with Crippen molar-refractivity contribution in [3.8, 4) is 6.07 Å². The number of carbonyl (C=O) groups is 2. The fourth-order valence-electron chi connectivity index (χ4n) is 6.24. The molecule has 8 heteroatoms. The number of rotatable bonds is 9. The lowest BCUT2D eigenvalue weighted by molar-refractivity contribution is -0.142. The predicted octanol–water partition coefficient (Wildman–Crippen LogP) is 3.11. The standard InChI is InChI=1S/C30H37N5O3/c1-18(34-17-19(2)35-12-4-5-25(35)16-31)15-30(29(37)38)26-10-8-21(20(3)32)13-22(26)6-7-23-14-24(28(33)36)9-11-27(23)30/h8-11,13,18,24-25,34H,2-7,12,14-15,17,32H2,1H3,(H2,33,36)(H,37,38)/t18-,24?,25?,30?/m0/s1. The maximum atomic E-state index is 13.4. The van der Waals surface area contributed by atoms with Gasteiger partial charge in [0, 0.05) is 30.5 Å². The van der Waals surface area contributed by atoms with E-state index >= 15 is 0 Å². The summed E-state index contributed by atoms with van der Waals surface area (Å²) >= 11 is 0. The molecule has 0 bridgehead atoms. The van der Waals surface area contributed by atoms with Gasteiger partial charge >= 0.3 is 5.97 Å². The van der Waals surface area contributed by atoms with Gasteiger partial charge in [0.1, 0.15) is 11.5 Å². The van der Waals surface area contributed by atoms with Crippen molar-refractivity contribution in [2.45, 2.75) is 62.9 Å². The molecule has 3 aliphatic rings. The van der Waals surface area contributed by atoms with Crippen molar-refractivity contribution in [3.05, 3.63) is 77.0 Å². The highest BCUT2D eigenvalue weighted by Gasteiger charge is 2.48. The second-order valence-corrected chi connectivity index (χ2v) is 10.7. The highest BCUT2D eigenvalue weighted by atomic mass is 16.4. The van der Waals surface area contributed by atoms with Gasteiger partial charge in [0.15, 0.2) is 0 Å². The molecule has 38 heavy (non-hydrogen) atoms. The number of nitriles is 1. The number of benzene rings is 1. The summed E-state index contributed by atoms with van der Waals surface area (Å²) in [7, 11) is 0. The van der Waals surface area contributed by atoms with Crippen LogP contribution in [0.1, 0.15) is 55.7 Å². The summed E-state index contributed by atoms with van der Waals surface area (Å²) in [5.41, 5.74) is 15.6. The van der Waals surface area contributed by atoms with Crippen LogP contribution in [-0.4, -0.2) is 47.1 Å². The maximum Gasteiger partial charge on any atom is 0.318 e. The van der Waals surface area contributed by atoms with E-state index in [1.165, 1.54) is 0 Å². The Morgan fingerprint density at radius 1 is 1.32 bits per heavy atom. The molecule has 0 aromatic heterocycles. The van der Waals surface area contributed by atoms with E-state index in [1.807, 2.05) is 30.0 Å². The van der Waals surface area contributed by atoms with Gasteiger partial charge in [0.05, 0.1) is 12.0 Å². The third-order valence-electron chi connectivity index (χ3n) is 8.24. The van der Waals surface area contributed by atoms with E-state index in [-0.39, 0.29) is 18.5 Å². The minimum Gasteiger partial charge on any atom is -0.480 e. The molecule has 1 heterocycles. The topological polar surface area (TPSA) is 145 Å². The smallest absolute Gasteiger partial charge is 0.318 e. The Hall–Kier alpha value is -3.83. The molecule has 1 aromatic carbocycles. The number of hydrogen-bond acceptors (Lipinski definition) is 6. The van der Waals surface area contributed by atoms with E-state index in [2.05, 4.69) is 24.5 Å². The summed E-state index contributed by atoms with van der Waals surface area (Å²) in [4.78, 5) is 27.4. The number of carbonyl (C=O) groups excluding carboxylic acids is 1. The summed E-state index contributed by atoms with van der Waals surface area (Å²) in [5.74, 6) is -1.80. The number of fused-ring (bicyclic) bond motifs is 1. The molecule has 2 aliphatic carbocycles. The molecule has 4 rings (SSSR count). The van der Waals surface area contributed by atoms with Gasteiger partial charge in [-0.3, -0.25) is 9.59 Å². The summed E-state index contributed by atoms with van der Waals surface area (Å²) in [6.07, 6.45) is 7.31. The predicted molar refractivity (Wildman–Crippen MR) is 147 cm³/mol. The number of amides is 1. The average Bonchev–Trinajstić information content (AvgIpc) is 3.33. The van der Waals surface area contributed by atoms with Gasteiger partial charge in [-0.2, -0.15) is 5.26 Å². The first-order valence-corrected chi connectivity index (χ1v) is 13.2. The van der Waals surface area contributed by atoms with Crippen molar-refractivity contribution in [3.63, 3.8) is 0 Å². The summed E-state index contributed by atoms with van der Waals surface area (Å²) in [6.45, 7) is 11.3. The number of nitrogens with one attached hydrogen (secondary N) is 1. The molecule has 1 saturated heterocycles. The van der Waals surface area contributed by atoms with Gasteiger partial charge in [0.2, 0.25) is 5.91 Å². The monoisotopic (exact) mass is 515 g/mol. The van der Waals surface area contributed by atoms with Crippen LogP contribution in [0.15, 0.2) is 60.4 Å². The van der Waals surface area contributed by atoms with Crippen LogP contribution in [0.3, 0.4) is 0 Å². The van der Waals surface area contributed by atoms with Crippen LogP contribution in [0.2, 0.25) is 0 Å². The van der Waals surface area contributed by atoms with Gasteiger partial charge in [0.25, 0.3) is 0 Å². The first-order valence-electron chi connectivity index (χ1n) is 13.2. The van der Waals surface area contributed by atoms with Crippen LogP contribution in [-0.2, 0) is 21.4 Å². The minimum atomic E-state index is -1.33. The molecule has 6 N–H and O–H groups in total. The number of carboxylic acids is 1. The highest BCUT2D eigenvalue weighted by molar-refractivity contribution is 5.89. The maximum absolute atomic E-state index is 13.4. The van der Waals surface area contributed by atoms with Crippen molar-refractivity contribution in [2.75, 3.05) is 13.1 Å². The Morgan fingerprint density at radius 2 is 2.08 bits per heavy atom. The summed E-state index contributed by atoms with van der Waals surface area (Å²) < 4.78 is 0. The van der Waals surface area contributed by atoms with Gasteiger partial charge < -0.3 is 26.8 Å².